The van der Waals surface area contributed by atoms with Crippen LogP contribution in [0.1, 0.15) is 37.0 Å². The Kier molecular flexibility index (Phi) is 6.01. The predicted molar refractivity (Wildman–Crippen MR) is 90.9 cm³/mol. The van der Waals surface area contributed by atoms with Crippen LogP contribution in [0.4, 0.5) is 0 Å². The standard InChI is InChI=1S/C16H22BrN3O3/c1-10(2)23-14-4-3-12(17)9-13(14)16(22)20-7-5-11(6-8-20)15(21)19-18/h3-4,9-11H,5-8,18H2,1-2H3,(H,19,21). The highest BCUT2D eigenvalue weighted by Gasteiger charge is 2.28. The number of halogens is 1. The number of nitrogens with zero attached hydrogens (tertiary/aromatic N) is 1. The number of likely N-dealkylation sites (tertiary alicyclic amines) is 1. The zero-order chi connectivity index (χ0) is 17.0. The van der Waals surface area contributed by atoms with Gasteiger partial charge in [-0.05, 0) is 44.9 Å². The number of carbonyl (C=O) groups excluding carboxylic acids is 2. The van der Waals surface area contributed by atoms with Crippen molar-refractivity contribution in [3.05, 3.63) is 28.2 Å². The molecule has 23 heavy (non-hydrogen) atoms. The first-order chi connectivity index (χ1) is 10.9. The van der Waals surface area contributed by atoms with E-state index >= 15 is 0 Å². The molecule has 1 fully saturated rings. The molecular weight excluding hydrogens is 362 g/mol. The molecule has 0 saturated carbocycles. The molecule has 3 N–H and O–H groups in total. The molecule has 0 spiro atoms. The number of hydrogen-bond donors (Lipinski definition) is 2. The molecule has 2 rings (SSSR count). The molecule has 0 aromatic heterocycles. The highest BCUT2D eigenvalue weighted by atomic mass is 79.9. The van der Waals surface area contributed by atoms with Crippen molar-refractivity contribution in [2.75, 3.05) is 13.1 Å². The van der Waals surface area contributed by atoms with Gasteiger partial charge in [0.15, 0.2) is 0 Å². The summed E-state index contributed by atoms with van der Waals surface area (Å²) in [5, 5.41) is 0. The quantitative estimate of drug-likeness (QED) is 0.473. The largest absolute Gasteiger partial charge is 0.490 e. The summed E-state index contributed by atoms with van der Waals surface area (Å²) >= 11 is 3.40. The molecule has 1 saturated heterocycles. The van der Waals surface area contributed by atoms with Gasteiger partial charge in [0.1, 0.15) is 5.75 Å². The van der Waals surface area contributed by atoms with Crippen LogP contribution in [0.15, 0.2) is 22.7 Å². The maximum Gasteiger partial charge on any atom is 0.257 e. The molecule has 0 atom stereocenters. The lowest BCUT2D eigenvalue weighted by Gasteiger charge is -2.31. The van der Waals surface area contributed by atoms with Crippen molar-refractivity contribution >= 4 is 27.7 Å². The number of nitrogens with one attached hydrogen (secondary N) is 1. The zero-order valence-electron chi connectivity index (χ0n) is 13.3. The maximum atomic E-state index is 12.8. The van der Waals surface area contributed by atoms with E-state index in [1.165, 1.54) is 0 Å². The minimum absolute atomic E-state index is 0.0123. The van der Waals surface area contributed by atoms with Crippen molar-refractivity contribution < 1.29 is 14.3 Å². The number of benzene rings is 1. The van der Waals surface area contributed by atoms with Crippen LogP contribution in [0.5, 0.6) is 5.75 Å². The Morgan fingerprint density at radius 3 is 2.57 bits per heavy atom. The third-order valence-corrected chi connectivity index (χ3v) is 4.32. The molecule has 126 valence electrons. The number of hydrogen-bond acceptors (Lipinski definition) is 4. The first kappa shape index (κ1) is 17.7. The van der Waals surface area contributed by atoms with Crippen LogP contribution in [0, 0.1) is 5.92 Å². The average Bonchev–Trinajstić information content (AvgIpc) is 2.55. The van der Waals surface area contributed by atoms with E-state index in [9.17, 15) is 9.59 Å². The van der Waals surface area contributed by atoms with Gasteiger partial charge in [-0.25, -0.2) is 5.84 Å². The van der Waals surface area contributed by atoms with E-state index in [1.54, 1.807) is 17.0 Å². The van der Waals surface area contributed by atoms with Gasteiger partial charge in [0, 0.05) is 23.5 Å². The Hall–Kier alpha value is -1.60. The van der Waals surface area contributed by atoms with Gasteiger partial charge < -0.3 is 9.64 Å². The van der Waals surface area contributed by atoms with Gasteiger partial charge in [0.05, 0.1) is 11.7 Å². The summed E-state index contributed by atoms with van der Waals surface area (Å²) in [6.45, 7) is 4.91. The topological polar surface area (TPSA) is 84.7 Å². The highest BCUT2D eigenvalue weighted by Crippen LogP contribution is 2.27. The highest BCUT2D eigenvalue weighted by molar-refractivity contribution is 9.10. The van der Waals surface area contributed by atoms with Crippen LogP contribution >= 0.6 is 15.9 Å². The number of nitrogens with two attached hydrogens (primary N) is 1. The van der Waals surface area contributed by atoms with Crippen LogP contribution in [-0.4, -0.2) is 35.9 Å². The van der Waals surface area contributed by atoms with E-state index in [2.05, 4.69) is 21.4 Å². The molecule has 1 heterocycles. The van der Waals surface area contributed by atoms with Crippen molar-refractivity contribution in [3.8, 4) is 5.75 Å². The van der Waals surface area contributed by atoms with Crippen LogP contribution in [0.25, 0.3) is 0 Å². The Morgan fingerprint density at radius 2 is 2.00 bits per heavy atom. The fraction of sp³-hybridized carbons (Fsp3) is 0.500. The maximum absolute atomic E-state index is 12.8. The SMILES string of the molecule is CC(C)Oc1ccc(Br)cc1C(=O)N1CCC(C(=O)NN)CC1. The van der Waals surface area contributed by atoms with Crippen LogP contribution in [0.3, 0.4) is 0 Å². The molecule has 0 bridgehead atoms. The minimum atomic E-state index is -0.164. The first-order valence-electron chi connectivity index (χ1n) is 7.68. The summed E-state index contributed by atoms with van der Waals surface area (Å²) in [5.41, 5.74) is 2.72. The fourth-order valence-electron chi connectivity index (χ4n) is 2.66. The molecule has 0 aliphatic carbocycles. The first-order valence-corrected chi connectivity index (χ1v) is 8.47. The van der Waals surface area contributed by atoms with E-state index in [0.717, 1.165) is 4.47 Å². The summed E-state index contributed by atoms with van der Waals surface area (Å²) in [4.78, 5) is 26.1. The smallest absolute Gasteiger partial charge is 0.257 e. The van der Waals surface area contributed by atoms with Gasteiger partial charge in [0.2, 0.25) is 5.91 Å². The normalized spacial score (nSPS) is 15.6. The summed E-state index contributed by atoms with van der Waals surface area (Å²) in [6.07, 6.45) is 1.22. The summed E-state index contributed by atoms with van der Waals surface area (Å²) < 4.78 is 6.57. The Labute approximate surface area is 144 Å². The van der Waals surface area contributed by atoms with Gasteiger partial charge in [-0.1, -0.05) is 15.9 Å². The molecule has 2 amide bonds. The van der Waals surface area contributed by atoms with Crippen molar-refractivity contribution in [2.45, 2.75) is 32.8 Å². The number of carbonyl (C=O) groups is 2. The molecule has 6 nitrogen and oxygen atoms in total. The lowest BCUT2D eigenvalue weighted by Crippen LogP contribution is -2.44. The second-order valence-electron chi connectivity index (χ2n) is 5.88. The third kappa shape index (κ3) is 4.45. The monoisotopic (exact) mass is 383 g/mol. The third-order valence-electron chi connectivity index (χ3n) is 3.83. The van der Waals surface area contributed by atoms with Crippen molar-refractivity contribution in [1.82, 2.24) is 10.3 Å². The summed E-state index contributed by atoms with van der Waals surface area (Å²) in [7, 11) is 0. The van der Waals surface area contributed by atoms with E-state index < -0.39 is 0 Å². The Bertz CT molecular complexity index is 584. The van der Waals surface area contributed by atoms with Gasteiger partial charge >= 0.3 is 0 Å². The molecular formula is C16H22BrN3O3. The van der Waals surface area contributed by atoms with Gasteiger partial charge in [-0.3, -0.25) is 15.0 Å². The van der Waals surface area contributed by atoms with Crippen molar-refractivity contribution in [1.29, 1.82) is 0 Å². The fourth-order valence-corrected chi connectivity index (χ4v) is 3.02. The molecule has 7 heteroatoms. The number of hydrazine groups is 1. The summed E-state index contributed by atoms with van der Waals surface area (Å²) in [5.74, 6) is 5.38. The van der Waals surface area contributed by atoms with Crippen LogP contribution in [-0.2, 0) is 4.79 Å². The second kappa shape index (κ2) is 7.79. The molecule has 1 aliphatic heterocycles. The number of ether oxygens (including phenoxy) is 1. The van der Waals surface area contributed by atoms with Gasteiger partial charge in [-0.2, -0.15) is 0 Å². The number of piperidine rings is 1. The van der Waals surface area contributed by atoms with Gasteiger partial charge in [0.25, 0.3) is 5.91 Å². The van der Waals surface area contributed by atoms with E-state index in [-0.39, 0.29) is 23.8 Å². The summed E-state index contributed by atoms with van der Waals surface area (Å²) in [6, 6.07) is 5.43. The Balaban J connectivity index is 2.12. The second-order valence-corrected chi connectivity index (χ2v) is 6.80. The van der Waals surface area contributed by atoms with E-state index in [0.29, 0.717) is 37.2 Å². The van der Waals surface area contributed by atoms with Gasteiger partial charge in [-0.15, -0.1) is 0 Å². The zero-order valence-corrected chi connectivity index (χ0v) is 14.9. The average molecular weight is 384 g/mol. The molecule has 0 unspecified atom stereocenters. The molecule has 1 aromatic rings. The van der Waals surface area contributed by atoms with E-state index in [1.807, 2.05) is 19.9 Å². The molecule has 1 aliphatic rings. The van der Waals surface area contributed by atoms with Crippen molar-refractivity contribution in [3.63, 3.8) is 0 Å². The Morgan fingerprint density at radius 1 is 1.35 bits per heavy atom. The minimum Gasteiger partial charge on any atom is -0.490 e. The molecule has 0 radical (unpaired) electrons. The van der Waals surface area contributed by atoms with Crippen molar-refractivity contribution in [2.24, 2.45) is 11.8 Å². The lowest BCUT2D eigenvalue weighted by atomic mass is 9.95. The lowest BCUT2D eigenvalue weighted by molar-refractivity contribution is -0.126. The number of rotatable bonds is 4. The predicted octanol–water partition coefficient (Wildman–Crippen LogP) is 2.08. The van der Waals surface area contributed by atoms with E-state index in [4.69, 9.17) is 10.6 Å². The molecule has 1 aromatic carbocycles. The number of amides is 2. The van der Waals surface area contributed by atoms with Crippen LogP contribution < -0.4 is 16.0 Å². The van der Waals surface area contributed by atoms with Crippen LogP contribution in [0.2, 0.25) is 0 Å².